The number of piperazine rings is 1. The molecule has 0 amide bonds. The van der Waals surface area contributed by atoms with Crippen molar-refractivity contribution in [2.24, 2.45) is 11.8 Å². The molecule has 1 aliphatic heterocycles. The normalized spacial score (nSPS) is 26.8. The molecule has 3 aliphatic rings. The minimum absolute atomic E-state index is 0.395. The number of fused-ring (bicyclic) bond motifs is 2. The van der Waals surface area contributed by atoms with Gasteiger partial charge in [0.1, 0.15) is 6.04 Å². The van der Waals surface area contributed by atoms with Gasteiger partial charge in [-0.25, -0.2) is 0 Å². The molecule has 2 saturated carbocycles. The first-order valence-electron chi connectivity index (χ1n) is 11.3. The number of thiocarbonyl (C=S) groups is 1. The summed E-state index contributed by atoms with van der Waals surface area (Å²) in [5.74, 6) is 1.82. The van der Waals surface area contributed by atoms with Gasteiger partial charge in [0.15, 0.2) is 5.11 Å². The Bertz CT molecular complexity index is 777. The molecule has 3 nitrogen and oxygen atoms in total. The maximum absolute atomic E-state index is 5.82. The SMILES string of the molecule is S=C(N[C@@H]1C[C@H]2CC[C@@H]1C2)N1CC[NH+](C(c2ccccc2)c2ccccc2)CC1. The molecule has 0 aromatic heterocycles. The van der Waals surface area contributed by atoms with Crippen LogP contribution in [0.15, 0.2) is 60.7 Å². The molecule has 0 spiro atoms. The second kappa shape index (κ2) is 8.45. The van der Waals surface area contributed by atoms with Crippen molar-refractivity contribution in [1.29, 1.82) is 0 Å². The number of hydrogen-bond acceptors (Lipinski definition) is 1. The Labute approximate surface area is 180 Å². The zero-order chi connectivity index (χ0) is 19.6. The Kier molecular flexibility index (Phi) is 5.56. The van der Waals surface area contributed by atoms with E-state index in [-0.39, 0.29) is 0 Å². The number of nitrogens with one attached hydrogen (secondary N) is 2. The molecule has 2 aliphatic carbocycles. The van der Waals surface area contributed by atoms with E-state index in [0.29, 0.717) is 12.1 Å². The highest BCUT2D eigenvalue weighted by molar-refractivity contribution is 7.80. The van der Waals surface area contributed by atoms with Gasteiger partial charge in [-0.2, -0.15) is 0 Å². The van der Waals surface area contributed by atoms with Gasteiger partial charge in [0, 0.05) is 17.2 Å². The van der Waals surface area contributed by atoms with E-state index >= 15 is 0 Å². The summed E-state index contributed by atoms with van der Waals surface area (Å²) >= 11 is 5.82. The summed E-state index contributed by atoms with van der Waals surface area (Å²) in [7, 11) is 0. The lowest BCUT2D eigenvalue weighted by atomic mass is 9.95. The van der Waals surface area contributed by atoms with Crippen LogP contribution < -0.4 is 10.2 Å². The Morgan fingerprint density at radius 3 is 2.03 bits per heavy atom. The molecule has 0 radical (unpaired) electrons. The first-order chi connectivity index (χ1) is 14.3. The van der Waals surface area contributed by atoms with Crippen molar-refractivity contribution >= 4 is 17.3 Å². The number of benzene rings is 2. The van der Waals surface area contributed by atoms with Gasteiger partial charge in [0.25, 0.3) is 0 Å². The van der Waals surface area contributed by atoms with Crippen molar-refractivity contribution in [3.8, 4) is 0 Å². The Morgan fingerprint density at radius 1 is 0.897 bits per heavy atom. The minimum Gasteiger partial charge on any atom is -0.360 e. The van der Waals surface area contributed by atoms with Gasteiger partial charge < -0.3 is 15.1 Å². The van der Waals surface area contributed by atoms with Crippen LogP contribution in [0.3, 0.4) is 0 Å². The van der Waals surface area contributed by atoms with Crippen LogP contribution in [0.5, 0.6) is 0 Å². The van der Waals surface area contributed by atoms with Gasteiger partial charge >= 0.3 is 0 Å². The van der Waals surface area contributed by atoms with Gasteiger partial charge in [-0.3, -0.25) is 0 Å². The average molecular weight is 407 g/mol. The zero-order valence-electron chi connectivity index (χ0n) is 17.1. The number of hydrogen-bond donors (Lipinski definition) is 2. The fourth-order valence-electron chi connectivity index (χ4n) is 5.91. The summed E-state index contributed by atoms with van der Waals surface area (Å²) in [5.41, 5.74) is 2.81. The van der Waals surface area contributed by atoms with Gasteiger partial charge in [-0.1, -0.05) is 67.1 Å². The highest BCUT2D eigenvalue weighted by Crippen LogP contribution is 2.44. The van der Waals surface area contributed by atoms with Crippen LogP contribution in [-0.4, -0.2) is 42.2 Å². The molecule has 5 rings (SSSR count). The maximum atomic E-state index is 5.82. The summed E-state index contributed by atoms with van der Waals surface area (Å²) in [4.78, 5) is 4.05. The molecule has 3 atom stereocenters. The van der Waals surface area contributed by atoms with Crippen LogP contribution in [-0.2, 0) is 0 Å². The average Bonchev–Trinajstić information content (AvgIpc) is 3.39. The smallest absolute Gasteiger partial charge is 0.169 e. The van der Waals surface area contributed by atoms with E-state index in [0.717, 1.165) is 43.1 Å². The quantitative estimate of drug-likeness (QED) is 0.762. The third-order valence-electron chi connectivity index (χ3n) is 7.41. The van der Waals surface area contributed by atoms with Crippen molar-refractivity contribution in [1.82, 2.24) is 10.2 Å². The fourth-order valence-corrected chi connectivity index (χ4v) is 6.25. The number of quaternary nitrogens is 1. The summed E-state index contributed by atoms with van der Waals surface area (Å²) in [6.45, 7) is 4.32. The predicted octanol–water partition coefficient (Wildman–Crippen LogP) is 3.04. The largest absolute Gasteiger partial charge is 0.360 e. The van der Waals surface area contributed by atoms with Crippen LogP contribution >= 0.6 is 12.2 Å². The van der Waals surface area contributed by atoms with E-state index in [2.05, 4.69) is 70.9 Å². The topological polar surface area (TPSA) is 19.7 Å². The van der Waals surface area contributed by atoms with E-state index < -0.39 is 0 Å². The number of rotatable bonds is 4. The summed E-state index contributed by atoms with van der Waals surface area (Å²) in [6, 6.07) is 23.0. The summed E-state index contributed by atoms with van der Waals surface area (Å²) < 4.78 is 0. The molecule has 2 bridgehead atoms. The standard InChI is InChI=1S/C25H31N3S/c29-25(26-23-18-19-11-12-22(23)17-19)28-15-13-27(14-16-28)24(20-7-3-1-4-8-20)21-9-5-2-6-10-21/h1-10,19,22-24H,11-18H2,(H,26,29)/p+1/t19-,22+,23+/m0/s1. The second-order valence-corrected chi connectivity index (χ2v) is 9.52. The van der Waals surface area contributed by atoms with Crippen LogP contribution in [0.4, 0.5) is 0 Å². The first kappa shape index (κ1) is 19.1. The third kappa shape index (κ3) is 4.06. The maximum Gasteiger partial charge on any atom is 0.169 e. The third-order valence-corrected chi connectivity index (χ3v) is 7.79. The van der Waals surface area contributed by atoms with E-state index in [1.54, 1.807) is 4.90 Å². The van der Waals surface area contributed by atoms with E-state index in [9.17, 15) is 0 Å². The molecule has 152 valence electrons. The zero-order valence-corrected chi connectivity index (χ0v) is 17.9. The van der Waals surface area contributed by atoms with Crippen LogP contribution in [0.1, 0.15) is 42.9 Å². The first-order valence-corrected chi connectivity index (χ1v) is 11.7. The van der Waals surface area contributed by atoms with Crippen LogP contribution in [0.2, 0.25) is 0 Å². The molecule has 2 aromatic rings. The predicted molar refractivity (Wildman–Crippen MR) is 122 cm³/mol. The number of nitrogens with zero attached hydrogens (tertiary/aromatic N) is 1. The molecule has 1 saturated heterocycles. The van der Waals surface area contributed by atoms with E-state index in [1.165, 1.54) is 36.8 Å². The van der Waals surface area contributed by atoms with Gasteiger partial charge in [-0.05, 0) is 43.3 Å². The molecule has 3 fully saturated rings. The Morgan fingerprint density at radius 2 is 1.52 bits per heavy atom. The second-order valence-electron chi connectivity index (χ2n) is 9.13. The molecule has 0 unspecified atom stereocenters. The lowest BCUT2D eigenvalue weighted by molar-refractivity contribution is -0.929. The van der Waals surface area contributed by atoms with Crippen molar-refractivity contribution < 1.29 is 4.90 Å². The molecule has 29 heavy (non-hydrogen) atoms. The lowest BCUT2D eigenvalue weighted by Gasteiger charge is -2.39. The molecular weight excluding hydrogens is 374 g/mol. The fraction of sp³-hybridized carbons (Fsp3) is 0.480. The Hall–Kier alpha value is -1.91. The van der Waals surface area contributed by atoms with E-state index in [4.69, 9.17) is 12.2 Å². The van der Waals surface area contributed by atoms with Crippen molar-refractivity contribution in [2.75, 3.05) is 26.2 Å². The van der Waals surface area contributed by atoms with Gasteiger partial charge in [0.2, 0.25) is 0 Å². The van der Waals surface area contributed by atoms with Crippen molar-refractivity contribution in [3.05, 3.63) is 71.8 Å². The Balaban J connectivity index is 1.24. The highest BCUT2D eigenvalue weighted by Gasteiger charge is 2.40. The van der Waals surface area contributed by atoms with Crippen LogP contribution in [0.25, 0.3) is 0 Å². The minimum atomic E-state index is 0.395. The van der Waals surface area contributed by atoms with Crippen LogP contribution in [0, 0.1) is 11.8 Å². The van der Waals surface area contributed by atoms with E-state index in [1.807, 2.05) is 0 Å². The molecule has 4 heteroatoms. The molecule has 1 heterocycles. The van der Waals surface area contributed by atoms with Gasteiger partial charge in [0.05, 0.1) is 26.2 Å². The molecule has 2 aromatic carbocycles. The summed E-state index contributed by atoms with van der Waals surface area (Å²) in [6.07, 6.45) is 5.60. The summed E-state index contributed by atoms with van der Waals surface area (Å²) in [5, 5.41) is 4.73. The highest BCUT2D eigenvalue weighted by atomic mass is 32.1. The van der Waals surface area contributed by atoms with Crippen molar-refractivity contribution in [2.45, 2.75) is 37.8 Å². The monoisotopic (exact) mass is 406 g/mol. The lowest BCUT2D eigenvalue weighted by Crippen LogP contribution is -3.15. The molecule has 2 N–H and O–H groups in total. The van der Waals surface area contributed by atoms with Crippen molar-refractivity contribution in [3.63, 3.8) is 0 Å². The molecular formula is C25H32N3S+. The van der Waals surface area contributed by atoms with Gasteiger partial charge in [-0.15, -0.1) is 0 Å².